The van der Waals surface area contributed by atoms with Crippen LogP contribution in [0.4, 0.5) is 0 Å². The quantitative estimate of drug-likeness (QED) is 0.805. The van der Waals surface area contributed by atoms with Crippen LogP contribution < -0.4 is 0 Å². The van der Waals surface area contributed by atoms with E-state index in [4.69, 9.17) is 5.11 Å². The van der Waals surface area contributed by atoms with Crippen LogP contribution >= 0.6 is 0 Å². The van der Waals surface area contributed by atoms with E-state index in [-0.39, 0.29) is 16.2 Å². The van der Waals surface area contributed by atoms with Gasteiger partial charge in [0.1, 0.15) is 0 Å². The average molecular weight is 334 g/mol. The molecule has 118 valence electrons. The number of hydrogen-bond acceptors (Lipinski definition) is 5. The van der Waals surface area contributed by atoms with Gasteiger partial charge in [0, 0.05) is 5.75 Å². The van der Waals surface area contributed by atoms with Crippen molar-refractivity contribution in [3.63, 3.8) is 0 Å². The van der Waals surface area contributed by atoms with Crippen LogP contribution in [-0.4, -0.2) is 45.2 Å². The molecule has 1 N–H and O–H groups in total. The number of carbonyl (C=O) groups is 1. The average Bonchev–Trinajstić information content (AvgIpc) is 2.36. The Balaban J connectivity index is 3.09. The zero-order chi connectivity index (χ0) is 16.3. The molecule has 0 aromatic heterocycles. The highest BCUT2D eigenvalue weighted by molar-refractivity contribution is 7.95. The summed E-state index contributed by atoms with van der Waals surface area (Å²) < 4.78 is 47.7. The van der Waals surface area contributed by atoms with Crippen molar-refractivity contribution in [2.24, 2.45) is 0 Å². The Kier molecular flexibility index (Phi) is 5.52. The molecule has 8 heteroatoms. The van der Waals surface area contributed by atoms with Gasteiger partial charge >= 0.3 is 5.97 Å². The minimum atomic E-state index is -3.84. The summed E-state index contributed by atoms with van der Waals surface area (Å²) in [5.74, 6) is -2.29. The summed E-state index contributed by atoms with van der Waals surface area (Å²) in [5.41, 5.74) is 0.253. The van der Waals surface area contributed by atoms with Crippen molar-refractivity contribution >= 4 is 25.6 Å². The Bertz CT molecular complexity index is 732. The lowest BCUT2D eigenvalue weighted by Gasteiger charge is -2.09. The Morgan fingerprint density at radius 1 is 1.10 bits per heavy atom. The van der Waals surface area contributed by atoms with E-state index in [9.17, 15) is 21.6 Å². The minimum absolute atomic E-state index is 0.0589. The van der Waals surface area contributed by atoms with E-state index in [0.717, 1.165) is 6.07 Å². The summed E-state index contributed by atoms with van der Waals surface area (Å²) in [6.07, 6.45) is 0.426. The first-order valence-corrected chi connectivity index (χ1v) is 9.83. The van der Waals surface area contributed by atoms with Crippen molar-refractivity contribution in [3.05, 3.63) is 29.3 Å². The van der Waals surface area contributed by atoms with Gasteiger partial charge in [-0.2, -0.15) is 0 Å². The molecule has 1 rings (SSSR count). The minimum Gasteiger partial charge on any atom is -0.478 e. The van der Waals surface area contributed by atoms with Crippen molar-refractivity contribution in [2.75, 3.05) is 17.3 Å². The first-order valence-electron chi connectivity index (χ1n) is 6.36. The van der Waals surface area contributed by atoms with Crippen LogP contribution in [0.5, 0.6) is 0 Å². The monoisotopic (exact) mass is 334 g/mol. The van der Waals surface area contributed by atoms with Gasteiger partial charge in [0.25, 0.3) is 0 Å². The molecule has 0 radical (unpaired) electrons. The molecule has 0 saturated heterocycles. The maximum Gasteiger partial charge on any atom is 0.335 e. The van der Waals surface area contributed by atoms with E-state index < -0.39 is 37.1 Å². The highest BCUT2D eigenvalue weighted by atomic mass is 32.2. The molecule has 0 heterocycles. The molecule has 0 unspecified atom stereocenters. The Morgan fingerprint density at radius 2 is 1.71 bits per heavy atom. The number of sulfone groups is 2. The second-order valence-electron chi connectivity index (χ2n) is 4.76. The fourth-order valence-electron chi connectivity index (χ4n) is 1.83. The lowest BCUT2D eigenvalue weighted by Crippen LogP contribution is -2.20. The lowest BCUT2D eigenvalue weighted by molar-refractivity contribution is 0.0696. The molecule has 1 aromatic carbocycles. The largest absolute Gasteiger partial charge is 0.478 e. The van der Waals surface area contributed by atoms with Gasteiger partial charge in [0.2, 0.25) is 0 Å². The molecule has 21 heavy (non-hydrogen) atoms. The molecule has 0 aliphatic rings. The number of aromatic carboxylic acids is 1. The number of carboxylic acid groups (broad SMARTS) is 1. The zero-order valence-electron chi connectivity index (χ0n) is 11.9. The summed E-state index contributed by atoms with van der Waals surface area (Å²) in [7, 11) is -7.25. The molecule has 0 aliphatic heterocycles. The van der Waals surface area contributed by atoms with Crippen molar-refractivity contribution in [1.29, 1.82) is 0 Å². The molecule has 0 spiro atoms. The smallest absolute Gasteiger partial charge is 0.335 e. The lowest BCUT2D eigenvalue weighted by atomic mass is 10.1. The van der Waals surface area contributed by atoms with Crippen LogP contribution in [-0.2, 0) is 19.7 Å². The summed E-state index contributed by atoms with van der Waals surface area (Å²) in [6.45, 7) is 3.24. The van der Waals surface area contributed by atoms with Crippen LogP contribution in [0.3, 0.4) is 0 Å². The number of hydrogen-bond donors (Lipinski definition) is 1. The van der Waals surface area contributed by atoms with E-state index in [1.807, 2.05) is 0 Å². The maximum absolute atomic E-state index is 12.2. The highest BCUT2D eigenvalue weighted by Crippen LogP contribution is 2.19. The third kappa shape index (κ3) is 4.82. The molecule has 0 fully saturated rings. The van der Waals surface area contributed by atoms with Crippen molar-refractivity contribution < 1.29 is 26.7 Å². The van der Waals surface area contributed by atoms with E-state index in [1.54, 1.807) is 13.8 Å². The van der Waals surface area contributed by atoms with Gasteiger partial charge in [-0.05, 0) is 31.0 Å². The fraction of sp³-hybridized carbons (Fsp3) is 0.462. The van der Waals surface area contributed by atoms with Gasteiger partial charge < -0.3 is 5.11 Å². The van der Waals surface area contributed by atoms with Crippen molar-refractivity contribution in [2.45, 2.75) is 25.2 Å². The number of aryl methyl sites for hydroxylation is 1. The second-order valence-corrected chi connectivity index (χ2v) is 9.14. The van der Waals surface area contributed by atoms with E-state index in [2.05, 4.69) is 0 Å². The molecular formula is C13H18O6S2. The van der Waals surface area contributed by atoms with Crippen LogP contribution in [0.15, 0.2) is 23.1 Å². The standard InChI is InChI=1S/C13H18O6S2/c1-3-6-20(16,17)7-8-21(18,19)12-9-11(13(14)15)5-4-10(12)2/h4-5,9H,3,6-8H2,1-2H3,(H,14,15). The van der Waals surface area contributed by atoms with Crippen LogP contribution in [0.1, 0.15) is 29.3 Å². The first kappa shape index (κ1) is 17.6. The second kappa shape index (κ2) is 6.57. The summed E-state index contributed by atoms with van der Waals surface area (Å²) >= 11 is 0. The maximum atomic E-state index is 12.2. The molecule has 1 aromatic rings. The first-order chi connectivity index (χ1) is 9.59. The van der Waals surface area contributed by atoms with Crippen molar-refractivity contribution in [3.8, 4) is 0 Å². The molecule has 0 aliphatic carbocycles. The van der Waals surface area contributed by atoms with Gasteiger partial charge in [-0.15, -0.1) is 0 Å². The SMILES string of the molecule is CCCS(=O)(=O)CCS(=O)(=O)c1cc(C(=O)O)ccc1C. The van der Waals surface area contributed by atoms with Crippen molar-refractivity contribution in [1.82, 2.24) is 0 Å². The normalized spacial score (nSPS) is 12.3. The van der Waals surface area contributed by atoms with Crippen LogP contribution in [0.2, 0.25) is 0 Å². The number of benzene rings is 1. The predicted octanol–water partition coefficient (Wildman–Crippen LogP) is 1.29. The van der Waals surface area contributed by atoms with Gasteiger partial charge in [-0.3, -0.25) is 0 Å². The van der Waals surface area contributed by atoms with Crippen LogP contribution in [0.25, 0.3) is 0 Å². The summed E-state index contributed by atoms with van der Waals surface area (Å²) in [5, 5.41) is 8.90. The van der Waals surface area contributed by atoms with E-state index in [1.165, 1.54) is 12.1 Å². The topological polar surface area (TPSA) is 106 Å². The Labute approximate surface area is 124 Å². The zero-order valence-corrected chi connectivity index (χ0v) is 13.5. The number of rotatable bonds is 7. The van der Waals surface area contributed by atoms with Crippen LogP contribution in [0, 0.1) is 6.92 Å². The predicted molar refractivity (Wildman–Crippen MR) is 79.1 cm³/mol. The molecule has 0 saturated carbocycles. The van der Waals surface area contributed by atoms with Gasteiger partial charge in [-0.25, -0.2) is 21.6 Å². The molecular weight excluding hydrogens is 316 g/mol. The summed E-state index contributed by atoms with van der Waals surface area (Å²) in [6, 6.07) is 3.78. The fourth-order valence-corrected chi connectivity index (χ4v) is 5.63. The Morgan fingerprint density at radius 3 is 2.24 bits per heavy atom. The molecule has 6 nitrogen and oxygen atoms in total. The van der Waals surface area contributed by atoms with Gasteiger partial charge in [-0.1, -0.05) is 13.0 Å². The third-order valence-corrected chi connectivity index (χ3v) is 6.91. The summed E-state index contributed by atoms with van der Waals surface area (Å²) in [4.78, 5) is 10.8. The highest BCUT2D eigenvalue weighted by Gasteiger charge is 2.22. The molecule has 0 atom stereocenters. The Hall–Kier alpha value is -1.41. The van der Waals surface area contributed by atoms with E-state index >= 15 is 0 Å². The molecule has 0 amide bonds. The third-order valence-electron chi connectivity index (χ3n) is 2.95. The van der Waals surface area contributed by atoms with E-state index in [0.29, 0.717) is 12.0 Å². The number of carboxylic acids is 1. The molecule has 0 bridgehead atoms. The van der Waals surface area contributed by atoms with Gasteiger partial charge in [0.15, 0.2) is 19.7 Å². The van der Waals surface area contributed by atoms with Gasteiger partial charge in [0.05, 0.1) is 22.0 Å².